The van der Waals surface area contributed by atoms with Crippen molar-refractivity contribution >= 4 is 33.7 Å². The van der Waals surface area contributed by atoms with Crippen LogP contribution in [0.3, 0.4) is 0 Å². The lowest BCUT2D eigenvalue weighted by atomic mass is 10.2. The summed E-state index contributed by atoms with van der Waals surface area (Å²) in [6.07, 6.45) is 1.43. The van der Waals surface area contributed by atoms with Crippen molar-refractivity contribution in [1.29, 1.82) is 0 Å². The van der Waals surface area contributed by atoms with Crippen molar-refractivity contribution in [3.8, 4) is 0 Å². The predicted octanol–water partition coefficient (Wildman–Crippen LogP) is 2.94. The van der Waals surface area contributed by atoms with Crippen LogP contribution in [0.15, 0.2) is 9.59 Å². The zero-order valence-electron chi connectivity index (χ0n) is 19.3. The summed E-state index contributed by atoms with van der Waals surface area (Å²) in [5.74, 6) is 0. The Kier molecular flexibility index (Phi) is 7.15. The van der Waals surface area contributed by atoms with Crippen LogP contribution in [0, 0.1) is 6.92 Å². The lowest BCUT2D eigenvalue weighted by Crippen LogP contribution is -2.49. The van der Waals surface area contributed by atoms with Crippen molar-refractivity contribution in [2.75, 3.05) is 6.67 Å². The first-order valence-electron chi connectivity index (χ1n) is 10.8. The average Bonchev–Trinajstić information content (AvgIpc) is 3.46. The van der Waals surface area contributed by atoms with Gasteiger partial charge in [0.05, 0.1) is 18.6 Å². The number of carbonyl (C=O) groups is 2. The number of urea groups is 1. The number of aryl methyl sites for hydroxylation is 2. The van der Waals surface area contributed by atoms with Crippen LogP contribution in [0.25, 0.3) is 10.2 Å². The molecule has 0 spiro atoms. The van der Waals surface area contributed by atoms with Crippen LogP contribution in [0.5, 0.6) is 0 Å². The molecule has 1 fully saturated rings. The van der Waals surface area contributed by atoms with Gasteiger partial charge in [0.25, 0.3) is 5.56 Å². The molecule has 2 heterocycles. The van der Waals surface area contributed by atoms with Crippen LogP contribution < -0.4 is 22.4 Å². The number of ether oxygens (including phenoxy) is 1. The molecule has 1 aliphatic carbocycles. The Morgan fingerprint density at radius 2 is 1.94 bits per heavy atom. The van der Waals surface area contributed by atoms with Crippen LogP contribution in [0.2, 0.25) is 0 Å². The molecule has 0 bridgehead atoms. The van der Waals surface area contributed by atoms with Crippen molar-refractivity contribution < 1.29 is 18.7 Å². The molecule has 3 rings (SSSR count). The van der Waals surface area contributed by atoms with E-state index in [2.05, 4.69) is 5.43 Å². The Morgan fingerprint density at radius 1 is 1.27 bits per heavy atom. The second kappa shape index (κ2) is 9.54. The van der Waals surface area contributed by atoms with E-state index < -0.39 is 30.1 Å². The van der Waals surface area contributed by atoms with E-state index in [1.165, 1.54) is 20.5 Å². The maximum atomic E-state index is 13.2. The van der Waals surface area contributed by atoms with Crippen molar-refractivity contribution in [3.63, 3.8) is 0 Å². The molecule has 10 nitrogen and oxygen atoms in total. The highest BCUT2D eigenvalue weighted by Gasteiger charge is 2.31. The standard InChI is InChI=1S/C21H30FN5O5S/c1-12-14(11-26(18(23)29)24-19(30)32-21(2,3)4)33-17-15(12)16(28)27(13-7-8-13)20(31)25(17)10-6-5-9-22/h13H,5-11H2,1-4H3,(H2,23,29)(H,24,30). The minimum absolute atomic E-state index is 0.110. The average molecular weight is 484 g/mol. The highest BCUT2D eigenvalue weighted by molar-refractivity contribution is 7.18. The zero-order valence-corrected chi connectivity index (χ0v) is 20.1. The monoisotopic (exact) mass is 483 g/mol. The van der Waals surface area contributed by atoms with Crippen LogP contribution in [-0.2, 0) is 17.8 Å². The molecule has 2 aromatic heterocycles. The topological polar surface area (TPSA) is 129 Å². The van der Waals surface area contributed by atoms with Gasteiger partial charge in [0, 0.05) is 17.5 Å². The number of nitrogens with one attached hydrogen (secondary N) is 1. The molecule has 0 saturated heterocycles. The molecule has 3 N–H and O–H groups in total. The summed E-state index contributed by atoms with van der Waals surface area (Å²) in [7, 11) is 0. The number of amides is 3. The Bertz CT molecular complexity index is 1170. The lowest BCUT2D eigenvalue weighted by Gasteiger charge is -2.24. The molecule has 3 amide bonds. The van der Waals surface area contributed by atoms with Crippen LogP contribution >= 0.6 is 11.3 Å². The maximum absolute atomic E-state index is 13.2. The SMILES string of the molecule is Cc1c(CN(NC(=O)OC(C)(C)C)C(N)=O)sc2c1c(=O)n(C1CC1)c(=O)n2CCCCF. The molecular formula is C21H30FN5O5S. The number of thiophene rings is 1. The number of fused-ring (bicyclic) bond motifs is 1. The molecule has 1 aliphatic rings. The van der Waals surface area contributed by atoms with Crippen molar-refractivity contribution in [3.05, 3.63) is 31.3 Å². The first-order chi connectivity index (χ1) is 15.4. The quantitative estimate of drug-likeness (QED) is 0.462. The van der Waals surface area contributed by atoms with Gasteiger partial charge in [-0.15, -0.1) is 11.3 Å². The van der Waals surface area contributed by atoms with Gasteiger partial charge in [-0.1, -0.05) is 0 Å². The van der Waals surface area contributed by atoms with Crippen LogP contribution in [0.1, 0.15) is 62.9 Å². The van der Waals surface area contributed by atoms with E-state index in [1.807, 2.05) is 0 Å². The highest BCUT2D eigenvalue weighted by Crippen LogP contribution is 2.34. The molecule has 0 aliphatic heterocycles. The summed E-state index contributed by atoms with van der Waals surface area (Å²) in [6.45, 7) is 6.47. The van der Waals surface area contributed by atoms with E-state index in [-0.39, 0.29) is 24.7 Å². The third-order valence-electron chi connectivity index (χ3n) is 5.21. The summed E-state index contributed by atoms with van der Waals surface area (Å²) < 4.78 is 20.6. The molecule has 0 atom stereocenters. The number of aromatic nitrogens is 2. The predicted molar refractivity (Wildman–Crippen MR) is 123 cm³/mol. The number of halogens is 1. The van der Waals surface area contributed by atoms with Crippen molar-refractivity contribution in [2.24, 2.45) is 5.73 Å². The molecule has 12 heteroatoms. The van der Waals surface area contributed by atoms with Gasteiger partial charge in [0.2, 0.25) is 0 Å². The van der Waals surface area contributed by atoms with Crippen LogP contribution in [0.4, 0.5) is 14.0 Å². The zero-order chi connectivity index (χ0) is 24.5. The van der Waals surface area contributed by atoms with Gasteiger partial charge in [0.15, 0.2) is 0 Å². The maximum Gasteiger partial charge on any atom is 0.426 e. The van der Waals surface area contributed by atoms with Crippen molar-refractivity contribution in [2.45, 2.75) is 78.1 Å². The van der Waals surface area contributed by atoms with E-state index in [0.717, 1.165) is 17.9 Å². The fourth-order valence-corrected chi connectivity index (χ4v) is 4.81. The number of nitrogens with two attached hydrogens (primary N) is 1. The normalized spacial score (nSPS) is 13.8. The number of carbonyl (C=O) groups excluding carboxylic acids is 2. The van der Waals surface area contributed by atoms with E-state index in [0.29, 0.717) is 33.5 Å². The number of alkyl halides is 1. The fraction of sp³-hybridized carbons (Fsp3) is 0.619. The number of hydrogen-bond acceptors (Lipinski definition) is 6. The molecule has 182 valence electrons. The molecule has 1 saturated carbocycles. The summed E-state index contributed by atoms with van der Waals surface area (Å²) in [5, 5.41) is 1.29. The number of hydrogen-bond donors (Lipinski definition) is 2. The summed E-state index contributed by atoms with van der Waals surface area (Å²) >= 11 is 1.18. The van der Waals surface area contributed by atoms with E-state index in [9.17, 15) is 23.6 Å². The third kappa shape index (κ3) is 5.55. The fourth-order valence-electron chi connectivity index (χ4n) is 3.50. The van der Waals surface area contributed by atoms with Gasteiger partial charge in [-0.25, -0.2) is 24.8 Å². The number of primary amides is 1. The highest BCUT2D eigenvalue weighted by atomic mass is 32.1. The first-order valence-corrected chi connectivity index (χ1v) is 11.7. The van der Waals surface area contributed by atoms with Gasteiger partial charge in [0.1, 0.15) is 10.4 Å². The number of unbranched alkanes of at least 4 members (excludes halogenated alkanes) is 1. The Morgan fingerprint density at radius 3 is 2.48 bits per heavy atom. The summed E-state index contributed by atoms with van der Waals surface area (Å²) in [4.78, 5) is 51.5. The van der Waals surface area contributed by atoms with E-state index >= 15 is 0 Å². The second-order valence-electron chi connectivity index (χ2n) is 9.11. The first kappa shape index (κ1) is 24.7. The smallest absolute Gasteiger partial charge is 0.426 e. The second-order valence-corrected chi connectivity index (χ2v) is 10.2. The molecule has 0 radical (unpaired) electrons. The lowest BCUT2D eigenvalue weighted by molar-refractivity contribution is 0.0376. The van der Waals surface area contributed by atoms with E-state index in [1.54, 1.807) is 27.7 Å². The Balaban J connectivity index is 2.02. The van der Waals surface area contributed by atoms with Gasteiger partial charge in [-0.3, -0.25) is 18.3 Å². The largest absolute Gasteiger partial charge is 0.443 e. The van der Waals surface area contributed by atoms with Crippen molar-refractivity contribution in [1.82, 2.24) is 19.6 Å². The van der Waals surface area contributed by atoms with Gasteiger partial charge in [-0.05, 0) is 58.9 Å². The number of nitrogens with zero attached hydrogens (tertiary/aromatic N) is 3. The van der Waals surface area contributed by atoms with E-state index in [4.69, 9.17) is 10.5 Å². The Hall–Kier alpha value is -2.89. The minimum Gasteiger partial charge on any atom is -0.443 e. The summed E-state index contributed by atoms with van der Waals surface area (Å²) in [5.41, 5.74) is 6.83. The third-order valence-corrected chi connectivity index (χ3v) is 6.51. The molecule has 0 aromatic carbocycles. The van der Waals surface area contributed by atoms with Gasteiger partial charge < -0.3 is 10.5 Å². The molecule has 33 heavy (non-hydrogen) atoms. The van der Waals surface area contributed by atoms with Crippen LogP contribution in [-0.4, -0.2) is 38.5 Å². The van der Waals surface area contributed by atoms with Gasteiger partial charge >= 0.3 is 17.8 Å². The minimum atomic E-state index is -0.909. The van der Waals surface area contributed by atoms with Gasteiger partial charge in [-0.2, -0.15) is 0 Å². The molecule has 0 unspecified atom stereocenters. The molecular weight excluding hydrogens is 453 g/mol. The number of rotatable bonds is 7. The summed E-state index contributed by atoms with van der Waals surface area (Å²) in [6, 6.07) is -1.03. The molecule has 2 aromatic rings. The number of hydrazine groups is 1. The Labute approximate surface area is 194 Å².